The van der Waals surface area contributed by atoms with Gasteiger partial charge in [0.25, 0.3) is 5.91 Å². The van der Waals surface area contributed by atoms with Crippen molar-refractivity contribution in [3.05, 3.63) is 65.2 Å². The van der Waals surface area contributed by atoms with Crippen LogP contribution in [-0.2, 0) is 17.9 Å². The molecular formula is C23H30N3O2+. The zero-order valence-corrected chi connectivity index (χ0v) is 16.8. The second-order valence-electron chi connectivity index (χ2n) is 7.28. The third-order valence-corrected chi connectivity index (χ3v) is 5.51. The SMILES string of the molecule is CC[NH+](CC)Cc1ccccc1CNC(=O)c1ccc(N2CCCC2=O)cc1. The number of quaternary nitrogens is 1. The van der Waals surface area contributed by atoms with Gasteiger partial charge >= 0.3 is 0 Å². The second kappa shape index (κ2) is 9.51. The van der Waals surface area contributed by atoms with E-state index >= 15 is 0 Å². The van der Waals surface area contributed by atoms with Crippen LogP contribution in [0.3, 0.4) is 0 Å². The first kappa shape index (κ1) is 20.1. The standard InChI is InChI=1S/C23H29N3O2/c1-3-25(4-2)17-20-9-6-5-8-19(20)16-24-23(28)18-11-13-21(14-12-18)26-15-7-10-22(26)27/h5-6,8-9,11-14H,3-4,7,10,15-17H2,1-2H3,(H,24,28)/p+1. The summed E-state index contributed by atoms with van der Waals surface area (Å²) in [5.41, 5.74) is 3.92. The van der Waals surface area contributed by atoms with Crippen molar-refractivity contribution in [2.24, 2.45) is 0 Å². The topological polar surface area (TPSA) is 53.9 Å². The van der Waals surface area contributed by atoms with Gasteiger partial charge in [-0.15, -0.1) is 0 Å². The van der Waals surface area contributed by atoms with Crippen LogP contribution in [0.4, 0.5) is 5.69 Å². The Hall–Kier alpha value is -2.66. The van der Waals surface area contributed by atoms with E-state index in [2.05, 4.69) is 37.4 Å². The van der Waals surface area contributed by atoms with Crippen molar-refractivity contribution in [2.75, 3.05) is 24.5 Å². The van der Waals surface area contributed by atoms with Gasteiger partial charge in [0.05, 0.1) is 13.1 Å². The Morgan fingerprint density at radius 2 is 1.71 bits per heavy atom. The van der Waals surface area contributed by atoms with Crippen LogP contribution >= 0.6 is 0 Å². The average Bonchev–Trinajstić information content (AvgIpc) is 3.17. The van der Waals surface area contributed by atoms with E-state index in [1.165, 1.54) is 10.5 Å². The van der Waals surface area contributed by atoms with Crippen molar-refractivity contribution in [3.8, 4) is 0 Å². The predicted octanol–water partition coefficient (Wildman–Crippen LogP) is 2.17. The maximum atomic E-state index is 12.6. The Bertz CT molecular complexity index is 813. The van der Waals surface area contributed by atoms with Gasteiger partial charge in [-0.1, -0.05) is 24.3 Å². The van der Waals surface area contributed by atoms with Crippen molar-refractivity contribution in [1.29, 1.82) is 0 Å². The Kier molecular flexibility index (Phi) is 6.82. The largest absolute Gasteiger partial charge is 0.348 e. The molecule has 2 aromatic carbocycles. The van der Waals surface area contributed by atoms with E-state index in [1.807, 2.05) is 18.2 Å². The van der Waals surface area contributed by atoms with Gasteiger partial charge in [0.2, 0.25) is 5.91 Å². The van der Waals surface area contributed by atoms with E-state index in [4.69, 9.17) is 0 Å². The quantitative estimate of drug-likeness (QED) is 0.737. The summed E-state index contributed by atoms with van der Waals surface area (Å²) in [6.07, 6.45) is 1.51. The maximum absolute atomic E-state index is 12.6. The van der Waals surface area contributed by atoms with E-state index < -0.39 is 0 Å². The molecule has 2 N–H and O–H groups in total. The van der Waals surface area contributed by atoms with Crippen LogP contribution in [0.15, 0.2) is 48.5 Å². The molecule has 0 bridgehead atoms. The van der Waals surface area contributed by atoms with Crippen LogP contribution in [0.2, 0.25) is 0 Å². The highest BCUT2D eigenvalue weighted by molar-refractivity contribution is 5.97. The molecule has 28 heavy (non-hydrogen) atoms. The fourth-order valence-electron chi connectivity index (χ4n) is 3.66. The predicted molar refractivity (Wildman–Crippen MR) is 111 cm³/mol. The van der Waals surface area contributed by atoms with E-state index in [9.17, 15) is 9.59 Å². The van der Waals surface area contributed by atoms with Crippen LogP contribution in [0.25, 0.3) is 0 Å². The smallest absolute Gasteiger partial charge is 0.251 e. The molecule has 2 amide bonds. The molecule has 0 saturated carbocycles. The Balaban J connectivity index is 1.62. The molecule has 0 unspecified atom stereocenters. The zero-order chi connectivity index (χ0) is 19.9. The van der Waals surface area contributed by atoms with Gasteiger partial charge in [0.15, 0.2) is 0 Å². The normalized spacial score (nSPS) is 14.0. The molecule has 1 aliphatic heterocycles. The number of benzene rings is 2. The molecule has 1 saturated heterocycles. The molecule has 0 aromatic heterocycles. The number of rotatable bonds is 8. The Labute approximate surface area is 167 Å². The van der Waals surface area contributed by atoms with E-state index in [1.54, 1.807) is 17.0 Å². The molecular weight excluding hydrogens is 350 g/mol. The summed E-state index contributed by atoms with van der Waals surface area (Å²) in [6.45, 7) is 8.81. The lowest BCUT2D eigenvalue weighted by Gasteiger charge is -2.18. The maximum Gasteiger partial charge on any atom is 0.251 e. The first-order chi connectivity index (χ1) is 13.6. The highest BCUT2D eigenvalue weighted by Gasteiger charge is 2.21. The van der Waals surface area contributed by atoms with Crippen LogP contribution in [0, 0.1) is 0 Å². The summed E-state index contributed by atoms with van der Waals surface area (Å²) in [5, 5.41) is 3.03. The minimum Gasteiger partial charge on any atom is -0.348 e. The fourth-order valence-corrected chi connectivity index (χ4v) is 3.66. The summed E-state index contributed by atoms with van der Waals surface area (Å²) < 4.78 is 0. The number of hydrogen-bond acceptors (Lipinski definition) is 2. The molecule has 0 spiro atoms. The summed E-state index contributed by atoms with van der Waals surface area (Å²) >= 11 is 0. The van der Waals surface area contributed by atoms with Gasteiger partial charge in [-0.3, -0.25) is 9.59 Å². The lowest BCUT2D eigenvalue weighted by atomic mass is 10.1. The molecule has 2 aromatic rings. The molecule has 148 valence electrons. The minimum atomic E-state index is -0.0933. The fraction of sp³-hybridized carbons (Fsp3) is 0.391. The molecule has 0 radical (unpaired) electrons. The van der Waals surface area contributed by atoms with Crippen LogP contribution < -0.4 is 15.1 Å². The number of anilines is 1. The molecule has 5 nitrogen and oxygen atoms in total. The lowest BCUT2D eigenvalue weighted by molar-refractivity contribution is -0.910. The zero-order valence-electron chi connectivity index (χ0n) is 16.8. The monoisotopic (exact) mass is 380 g/mol. The highest BCUT2D eigenvalue weighted by Crippen LogP contribution is 2.21. The van der Waals surface area contributed by atoms with E-state index in [-0.39, 0.29) is 11.8 Å². The summed E-state index contributed by atoms with van der Waals surface area (Å²) in [4.78, 5) is 27.7. The van der Waals surface area contributed by atoms with Crippen LogP contribution in [-0.4, -0.2) is 31.4 Å². The van der Waals surface area contributed by atoms with E-state index in [0.29, 0.717) is 18.5 Å². The van der Waals surface area contributed by atoms with Crippen LogP contribution in [0.1, 0.15) is 48.2 Å². The molecule has 1 heterocycles. The van der Waals surface area contributed by atoms with Crippen molar-refractivity contribution in [3.63, 3.8) is 0 Å². The molecule has 0 atom stereocenters. The number of nitrogens with zero attached hydrogens (tertiary/aromatic N) is 1. The molecule has 0 aliphatic carbocycles. The minimum absolute atomic E-state index is 0.0933. The van der Waals surface area contributed by atoms with E-state index in [0.717, 1.165) is 43.9 Å². The highest BCUT2D eigenvalue weighted by atomic mass is 16.2. The summed E-state index contributed by atoms with van der Waals surface area (Å²) in [6, 6.07) is 15.6. The number of amides is 2. The number of carbonyl (C=O) groups excluding carboxylic acids is 2. The summed E-state index contributed by atoms with van der Waals surface area (Å²) in [7, 11) is 0. The van der Waals surface area contributed by atoms with Gasteiger partial charge < -0.3 is 15.1 Å². The second-order valence-corrected chi connectivity index (χ2v) is 7.28. The Morgan fingerprint density at radius 3 is 2.32 bits per heavy atom. The van der Waals surface area contributed by atoms with Gasteiger partial charge in [-0.25, -0.2) is 0 Å². The third kappa shape index (κ3) is 4.78. The van der Waals surface area contributed by atoms with Crippen molar-refractivity contribution in [2.45, 2.75) is 39.8 Å². The number of nitrogens with one attached hydrogen (secondary N) is 2. The third-order valence-electron chi connectivity index (χ3n) is 5.51. The van der Waals surface area contributed by atoms with Gasteiger partial charge in [-0.05, 0) is 50.1 Å². The Morgan fingerprint density at radius 1 is 1.04 bits per heavy atom. The average molecular weight is 381 g/mol. The molecule has 1 fully saturated rings. The molecule has 5 heteroatoms. The van der Waals surface area contributed by atoms with Crippen molar-refractivity contribution >= 4 is 17.5 Å². The first-order valence-corrected chi connectivity index (χ1v) is 10.2. The molecule has 1 aliphatic rings. The first-order valence-electron chi connectivity index (χ1n) is 10.2. The lowest BCUT2D eigenvalue weighted by Crippen LogP contribution is -3.10. The number of carbonyl (C=O) groups is 2. The van der Waals surface area contributed by atoms with Crippen molar-refractivity contribution in [1.82, 2.24) is 5.32 Å². The molecule has 3 rings (SSSR count). The van der Waals surface area contributed by atoms with Crippen molar-refractivity contribution < 1.29 is 14.5 Å². The summed E-state index contributed by atoms with van der Waals surface area (Å²) in [5.74, 6) is 0.0634. The van der Waals surface area contributed by atoms with Crippen LogP contribution in [0.5, 0.6) is 0 Å². The number of hydrogen-bond donors (Lipinski definition) is 2. The van der Waals surface area contributed by atoms with Gasteiger partial charge in [0.1, 0.15) is 6.54 Å². The van der Waals surface area contributed by atoms with Gasteiger partial charge in [0, 0.05) is 36.3 Å². The van der Waals surface area contributed by atoms with Gasteiger partial charge in [-0.2, -0.15) is 0 Å².